The Morgan fingerprint density at radius 2 is 0.913 bits per heavy atom. The molecule has 0 aliphatic carbocycles. The molecule has 0 radical (unpaired) electrons. The molecule has 0 aliphatic heterocycles. The SMILES string of the molecule is CCCCCCCCCN=C=O.CCCCCCCCCN=C=O.O=C=Nc1cccc2ccccc12.O=C=Nc1ccccc1. The lowest BCUT2D eigenvalue weighted by Gasteiger charge is -1.98. The van der Waals surface area contributed by atoms with Gasteiger partial charge in [0.25, 0.3) is 0 Å². The van der Waals surface area contributed by atoms with Gasteiger partial charge in [-0.1, -0.05) is 145 Å². The van der Waals surface area contributed by atoms with Crippen molar-refractivity contribution in [1.29, 1.82) is 0 Å². The van der Waals surface area contributed by atoms with Crippen LogP contribution >= 0.6 is 0 Å². The Bertz CT molecular complexity index is 1320. The van der Waals surface area contributed by atoms with Crippen molar-refractivity contribution in [2.24, 2.45) is 20.0 Å². The standard InChI is InChI=1S/C11H7NO.2C10H19NO.C7H5NO/c13-8-12-11-7-3-5-9-4-1-2-6-10(9)11;2*1-2-3-4-5-6-7-8-9-11-10-12;9-6-8-7-4-2-1-3-5-7/h1-7H;2*2-9H2,1H3;1-5H. The molecule has 46 heavy (non-hydrogen) atoms. The van der Waals surface area contributed by atoms with E-state index in [9.17, 15) is 19.2 Å². The first-order valence-electron chi connectivity index (χ1n) is 16.4. The number of unbranched alkanes of at least 4 members (excludes halogenated alkanes) is 12. The first-order chi connectivity index (χ1) is 22.7. The van der Waals surface area contributed by atoms with E-state index in [0.29, 0.717) is 24.5 Å². The second kappa shape index (κ2) is 33.3. The van der Waals surface area contributed by atoms with E-state index in [1.807, 2.05) is 54.6 Å². The zero-order chi connectivity index (χ0) is 33.8. The summed E-state index contributed by atoms with van der Waals surface area (Å²) < 4.78 is 0. The van der Waals surface area contributed by atoms with Gasteiger partial charge in [0, 0.05) is 5.39 Å². The van der Waals surface area contributed by atoms with Crippen molar-refractivity contribution < 1.29 is 19.2 Å². The van der Waals surface area contributed by atoms with Crippen molar-refractivity contribution >= 4 is 46.5 Å². The van der Waals surface area contributed by atoms with Crippen LogP contribution in [-0.4, -0.2) is 37.4 Å². The monoisotopic (exact) mass is 626 g/mol. The van der Waals surface area contributed by atoms with Gasteiger partial charge in [0.05, 0.1) is 24.5 Å². The molecule has 0 bridgehead atoms. The summed E-state index contributed by atoms with van der Waals surface area (Å²) in [6.07, 6.45) is 23.9. The average Bonchev–Trinajstić information content (AvgIpc) is 3.09. The summed E-state index contributed by atoms with van der Waals surface area (Å²) in [6.45, 7) is 5.77. The number of rotatable bonds is 18. The lowest BCUT2D eigenvalue weighted by atomic mass is 10.1. The molecule has 0 atom stereocenters. The van der Waals surface area contributed by atoms with E-state index in [1.54, 1.807) is 36.4 Å². The number of hydrogen-bond acceptors (Lipinski definition) is 8. The van der Waals surface area contributed by atoms with Gasteiger partial charge < -0.3 is 0 Å². The Labute approximate surface area is 274 Å². The molecule has 0 spiro atoms. The summed E-state index contributed by atoms with van der Waals surface area (Å²) in [5.41, 5.74) is 1.32. The maximum atomic E-state index is 10.1. The highest BCUT2D eigenvalue weighted by molar-refractivity contribution is 5.93. The van der Waals surface area contributed by atoms with Crippen molar-refractivity contribution in [2.45, 2.75) is 104 Å². The molecule has 246 valence electrons. The number of benzene rings is 3. The number of aliphatic imine (C=N–C) groups is 4. The molecule has 0 aliphatic rings. The van der Waals surface area contributed by atoms with Crippen LogP contribution in [0, 0.1) is 0 Å². The van der Waals surface area contributed by atoms with Crippen LogP contribution in [0.1, 0.15) is 104 Å². The van der Waals surface area contributed by atoms with Crippen LogP contribution in [0.4, 0.5) is 11.4 Å². The fourth-order valence-corrected chi connectivity index (χ4v) is 4.30. The molecule has 0 aromatic heterocycles. The quantitative estimate of drug-likeness (QED) is 0.0792. The summed E-state index contributed by atoms with van der Waals surface area (Å²) >= 11 is 0. The average molecular weight is 627 g/mol. The van der Waals surface area contributed by atoms with E-state index < -0.39 is 0 Å². The van der Waals surface area contributed by atoms with E-state index in [-0.39, 0.29) is 0 Å². The summed E-state index contributed by atoms with van der Waals surface area (Å²) in [6, 6.07) is 22.4. The lowest BCUT2D eigenvalue weighted by molar-refractivity contribution is 0.558. The van der Waals surface area contributed by atoms with Gasteiger partial charge in [-0.05, 0) is 36.4 Å². The molecule has 0 fully saturated rings. The third-order valence-electron chi connectivity index (χ3n) is 6.74. The fraction of sp³-hybridized carbons (Fsp3) is 0.474. The fourth-order valence-electron chi connectivity index (χ4n) is 4.30. The zero-order valence-corrected chi connectivity index (χ0v) is 27.7. The van der Waals surface area contributed by atoms with Crippen LogP contribution in [0.5, 0.6) is 0 Å². The molecule has 0 unspecified atom stereocenters. The highest BCUT2D eigenvalue weighted by Crippen LogP contribution is 2.24. The number of hydrogen-bond donors (Lipinski definition) is 0. The van der Waals surface area contributed by atoms with Crippen molar-refractivity contribution in [2.75, 3.05) is 13.1 Å². The van der Waals surface area contributed by atoms with Crippen molar-refractivity contribution in [1.82, 2.24) is 0 Å². The van der Waals surface area contributed by atoms with E-state index in [0.717, 1.165) is 23.6 Å². The number of isocyanates is 4. The van der Waals surface area contributed by atoms with Crippen LogP contribution in [0.2, 0.25) is 0 Å². The van der Waals surface area contributed by atoms with Gasteiger partial charge in [-0.25, -0.2) is 29.2 Å². The Morgan fingerprint density at radius 3 is 1.41 bits per heavy atom. The van der Waals surface area contributed by atoms with E-state index >= 15 is 0 Å². The number of carbonyl (C=O) groups excluding carboxylic acids is 4. The van der Waals surface area contributed by atoms with E-state index in [2.05, 4.69) is 33.8 Å². The molecule has 3 rings (SSSR count). The molecule has 3 aromatic rings. The minimum atomic E-state index is 0.646. The van der Waals surface area contributed by atoms with Crippen LogP contribution in [0.15, 0.2) is 92.8 Å². The third kappa shape index (κ3) is 24.8. The Balaban J connectivity index is 0.000000592. The summed E-state index contributed by atoms with van der Waals surface area (Å²) in [4.78, 5) is 53.2. The Kier molecular flexibility index (Phi) is 30.0. The Morgan fingerprint density at radius 1 is 0.457 bits per heavy atom. The first kappa shape index (κ1) is 41.4. The second-order valence-electron chi connectivity index (χ2n) is 10.4. The maximum Gasteiger partial charge on any atom is 0.240 e. The van der Waals surface area contributed by atoms with Crippen LogP contribution in [-0.2, 0) is 19.2 Å². The van der Waals surface area contributed by atoms with Gasteiger partial charge >= 0.3 is 0 Å². The third-order valence-corrected chi connectivity index (χ3v) is 6.74. The largest absolute Gasteiger partial charge is 0.240 e. The predicted octanol–water partition coefficient (Wildman–Crippen LogP) is 10.6. The molecular formula is C38H50N4O4. The van der Waals surface area contributed by atoms with Gasteiger partial charge in [-0.15, -0.1) is 0 Å². The summed E-state index contributed by atoms with van der Waals surface area (Å²) in [7, 11) is 0. The minimum absolute atomic E-state index is 0.646. The molecule has 0 N–H and O–H groups in total. The molecule has 3 aromatic carbocycles. The van der Waals surface area contributed by atoms with Gasteiger partial charge in [0.2, 0.25) is 24.3 Å². The van der Waals surface area contributed by atoms with Gasteiger partial charge in [-0.2, -0.15) is 9.98 Å². The topological polar surface area (TPSA) is 118 Å². The first-order valence-corrected chi connectivity index (χ1v) is 16.4. The number of nitrogens with zero attached hydrogens (tertiary/aromatic N) is 4. The molecule has 0 amide bonds. The van der Waals surface area contributed by atoms with Gasteiger partial charge in [0.1, 0.15) is 0 Å². The van der Waals surface area contributed by atoms with Crippen molar-refractivity contribution in [3.05, 3.63) is 72.8 Å². The molecular weight excluding hydrogens is 576 g/mol. The number of fused-ring (bicyclic) bond motifs is 1. The normalized spacial score (nSPS) is 9.17. The minimum Gasteiger partial charge on any atom is -0.211 e. The molecule has 0 saturated carbocycles. The van der Waals surface area contributed by atoms with E-state index in [4.69, 9.17) is 0 Å². The second-order valence-corrected chi connectivity index (χ2v) is 10.4. The highest BCUT2D eigenvalue weighted by Gasteiger charge is 1.96. The summed E-state index contributed by atoms with van der Waals surface area (Å²) in [5.74, 6) is 0. The molecule has 0 heterocycles. The lowest BCUT2D eigenvalue weighted by Crippen LogP contribution is -1.82. The van der Waals surface area contributed by atoms with Crippen LogP contribution in [0.3, 0.4) is 0 Å². The van der Waals surface area contributed by atoms with Crippen LogP contribution < -0.4 is 0 Å². The smallest absolute Gasteiger partial charge is 0.211 e. The van der Waals surface area contributed by atoms with Gasteiger partial charge in [-0.3, -0.25) is 0 Å². The van der Waals surface area contributed by atoms with Gasteiger partial charge in [0.15, 0.2) is 0 Å². The van der Waals surface area contributed by atoms with E-state index in [1.165, 1.54) is 83.1 Å². The number of para-hydroxylation sites is 1. The Hall–Kier alpha value is -4.56. The molecule has 8 heteroatoms. The summed E-state index contributed by atoms with van der Waals surface area (Å²) in [5, 5.41) is 2.06. The van der Waals surface area contributed by atoms with Crippen molar-refractivity contribution in [3.8, 4) is 0 Å². The maximum absolute atomic E-state index is 10.1. The van der Waals surface area contributed by atoms with Crippen molar-refractivity contribution in [3.63, 3.8) is 0 Å². The zero-order valence-electron chi connectivity index (χ0n) is 27.7. The van der Waals surface area contributed by atoms with Crippen LogP contribution in [0.25, 0.3) is 10.8 Å². The predicted molar refractivity (Wildman–Crippen MR) is 188 cm³/mol. The molecule has 8 nitrogen and oxygen atoms in total. The molecule has 0 saturated heterocycles. The highest BCUT2D eigenvalue weighted by atomic mass is 16.1.